The van der Waals surface area contributed by atoms with E-state index in [2.05, 4.69) is 15.9 Å². The van der Waals surface area contributed by atoms with E-state index in [0.717, 1.165) is 12.8 Å². The van der Waals surface area contributed by atoms with Gasteiger partial charge in [0.1, 0.15) is 10.9 Å². The van der Waals surface area contributed by atoms with Crippen LogP contribution in [0, 0.1) is 5.92 Å². The van der Waals surface area contributed by atoms with Gasteiger partial charge in [0, 0.05) is 29.5 Å². The van der Waals surface area contributed by atoms with Gasteiger partial charge in [-0.2, -0.15) is 4.31 Å². The summed E-state index contributed by atoms with van der Waals surface area (Å²) in [6, 6.07) is 2.10. The SMILES string of the molecule is CN(OCC1CC1)C(=O)[C@@H]1CCCN1S(=O)(=O)c1ccc(Cl)c(CBr)c1Cl. The number of carbonyl (C=O) groups is 1. The molecule has 1 atom stereocenters. The Morgan fingerprint density at radius 3 is 2.67 bits per heavy atom. The Bertz CT molecular complexity index is 832. The average Bonchev–Trinajstić information content (AvgIpc) is 3.32. The van der Waals surface area contributed by atoms with Crippen molar-refractivity contribution < 1.29 is 18.0 Å². The lowest BCUT2D eigenvalue weighted by Gasteiger charge is -2.27. The zero-order valence-corrected chi connectivity index (χ0v) is 18.7. The number of benzene rings is 1. The lowest BCUT2D eigenvalue weighted by atomic mass is 10.2. The molecule has 1 amide bonds. The van der Waals surface area contributed by atoms with Crippen molar-refractivity contribution in [2.75, 3.05) is 20.2 Å². The Kier molecular flexibility index (Phi) is 6.75. The van der Waals surface area contributed by atoms with Crippen LogP contribution < -0.4 is 0 Å². The minimum absolute atomic E-state index is 0.0377. The standard InChI is InChI=1S/C17H21BrCl2N2O4S/c1-21(26-10-11-4-5-11)17(23)14-3-2-8-22(14)27(24,25)15-7-6-13(19)12(9-18)16(15)20/h6-7,11,14H,2-5,8-10H2,1H3/t14-/m0/s1. The van der Waals surface area contributed by atoms with E-state index in [9.17, 15) is 13.2 Å². The third kappa shape index (κ3) is 4.46. The number of alkyl halides is 1. The van der Waals surface area contributed by atoms with Crippen molar-refractivity contribution in [2.45, 2.75) is 42.0 Å². The van der Waals surface area contributed by atoms with E-state index in [1.165, 1.54) is 28.5 Å². The Labute approximate surface area is 177 Å². The van der Waals surface area contributed by atoms with Gasteiger partial charge in [0.2, 0.25) is 10.0 Å². The normalized spacial score (nSPS) is 20.8. The van der Waals surface area contributed by atoms with Crippen LogP contribution in [0.4, 0.5) is 0 Å². The van der Waals surface area contributed by atoms with Crippen LogP contribution in [0.1, 0.15) is 31.2 Å². The number of hydroxylamine groups is 2. The van der Waals surface area contributed by atoms with Gasteiger partial charge < -0.3 is 0 Å². The molecule has 3 rings (SSSR count). The molecule has 1 saturated carbocycles. The van der Waals surface area contributed by atoms with Crippen molar-refractivity contribution in [2.24, 2.45) is 5.92 Å². The highest BCUT2D eigenvalue weighted by Gasteiger charge is 2.42. The number of halogens is 3. The van der Waals surface area contributed by atoms with Crippen molar-refractivity contribution >= 4 is 55.1 Å². The predicted molar refractivity (Wildman–Crippen MR) is 107 cm³/mol. The molecule has 27 heavy (non-hydrogen) atoms. The molecule has 1 aliphatic carbocycles. The smallest absolute Gasteiger partial charge is 0.264 e. The first-order valence-corrected chi connectivity index (χ1v) is 12.0. The van der Waals surface area contributed by atoms with E-state index in [1.54, 1.807) is 0 Å². The molecular formula is C17H21BrCl2N2O4S. The number of likely N-dealkylation sites (N-methyl/N-ethyl adjacent to an activating group) is 1. The van der Waals surface area contributed by atoms with E-state index in [4.69, 9.17) is 28.0 Å². The molecule has 6 nitrogen and oxygen atoms in total. The van der Waals surface area contributed by atoms with Crippen LogP contribution in [0.2, 0.25) is 10.0 Å². The molecule has 2 fully saturated rings. The number of carbonyl (C=O) groups excluding carboxylic acids is 1. The fourth-order valence-corrected chi connectivity index (χ4v) is 6.52. The van der Waals surface area contributed by atoms with Crippen LogP contribution in [-0.4, -0.2) is 49.9 Å². The average molecular weight is 500 g/mol. The third-order valence-electron chi connectivity index (χ3n) is 4.87. The maximum Gasteiger partial charge on any atom is 0.264 e. The molecule has 150 valence electrons. The van der Waals surface area contributed by atoms with E-state index < -0.39 is 16.1 Å². The van der Waals surface area contributed by atoms with Crippen LogP contribution in [0.5, 0.6) is 0 Å². The van der Waals surface area contributed by atoms with E-state index in [0.29, 0.717) is 41.3 Å². The Hall–Kier alpha value is -0.380. The molecule has 0 radical (unpaired) electrons. The minimum Gasteiger partial charge on any atom is -0.271 e. The Balaban J connectivity index is 1.83. The quantitative estimate of drug-likeness (QED) is 0.422. The summed E-state index contributed by atoms with van der Waals surface area (Å²) in [4.78, 5) is 18.2. The van der Waals surface area contributed by atoms with Gasteiger partial charge in [-0.1, -0.05) is 39.1 Å². The highest BCUT2D eigenvalue weighted by atomic mass is 79.9. The minimum atomic E-state index is -3.95. The lowest BCUT2D eigenvalue weighted by molar-refractivity contribution is -0.183. The Morgan fingerprint density at radius 1 is 1.33 bits per heavy atom. The number of amides is 1. The van der Waals surface area contributed by atoms with Crippen LogP contribution in [0.3, 0.4) is 0 Å². The van der Waals surface area contributed by atoms with Gasteiger partial charge in [-0.25, -0.2) is 13.5 Å². The molecule has 0 N–H and O–H groups in total. The second-order valence-corrected chi connectivity index (χ2v) is 10.0. The molecular weight excluding hydrogens is 479 g/mol. The maximum atomic E-state index is 13.2. The van der Waals surface area contributed by atoms with Crippen LogP contribution in [-0.2, 0) is 25.0 Å². The molecule has 0 aromatic heterocycles. The Morgan fingerprint density at radius 2 is 2.04 bits per heavy atom. The largest absolute Gasteiger partial charge is 0.271 e. The van der Waals surface area contributed by atoms with Gasteiger partial charge in [0.05, 0.1) is 11.6 Å². The van der Waals surface area contributed by atoms with Crippen LogP contribution >= 0.6 is 39.1 Å². The van der Waals surface area contributed by atoms with Gasteiger partial charge in [0.25, 0.3) is 5.91 Å². The van der Waals surface area contributed by atoms with Gasteiger partial charge in [-0.15, -0.1) is 0 Å². The maximum absolute atomic E-state index is 13.2. The second kappa shape index (κ2) is 8.55. The number of rotatable bonds is 7. The zero-order chi connectivity index (χ0) is 19.8. The lowest BCUT2D eigenvalue weighted by Crippen LogP contribution is -2.46. The third-order valence-corrected chi connectivity index (χ3v) is 8.28. The van der Waals surface area contributed by atoms with Crippen molar-refractivity contribution in [1.82, 2.24) is 9.37 Å². The summed E-state index contributed by atoms with van der Waals surface area (Å²) in [5.74, 6) is 0.140. The van der Waals surface area contributed by atoms with E-state index in [-0.39, 0.29) is 22.4 Å². The zero-order valence-electron chi connectivity index (χ0n) is 14.8. The molecule has 1 heterocycles. The molecule has 1 aliphatic heterocycles. The summed E-state index contributed by atoms with van der Waals surface area (Å²) in [6.07, 6.45) is 3.27. The molecule has 0 unspecified atom stereocenters. The summed E-state index contributed by atoms with van der Waals surface area (Å²) in [5, 5.41) is 1.96. The first-order valence-electron chi connectivity index (χ1n) is 8.72. The van der Waals surface area contributed by atoms with Gasteiger partial charge in [0.15, 0.2) is 0 Å². The summed E-state index contributed by atoms with van der Waals surface area (Å²) in [6.45, 7) is 0.747. The van der Waals surface area contributed by atoms with Crippen LogP contribution in [0.15, 0.2) is 17.0 Å². The van der Waals surface area contributed by atoms with Crippen molar-refractivity contribution in [1.29, 1.82) is 0 Å². The topological polar surface area (TPSA) is 66.9 Å². The van der Waals surface area contributed by atoms with Crippen molar-refractivity contribution in [3.63, 3.8) is 0 Å². The van der Waals surface area contributed by atoms with Crippen molar-refractivity contribution in [3.8, 4) is 0 Å². The molecule has 1 aromatic rings. The summed E-state index contributed by atoms with van der Waals surface area (Å²) in [5.41, 5.74) is 0.506. The summed E-state index contributed by atoms with van der Waals surface area (Å²) in [7, 11) is -2.41. The number of hydrogen-bond donors (Lipinski definition) is 0. The monoisotopic (exact) mass is 498 g/mol. The van der Waals surface area contributed by atoms with E-state index in [1.807, 2.05) is 0 Å². The fourth-order valence-electron chi connectivity index (χ4n) is 3.07. The van der Waals surface area contributed by atoms with Gasteiger partial charge >= 0.3 is 0 Å². The number of nitrogens with zero attached hydrogens (tertiary/aromatic N) is 2. The predicted octanol–water partition coefficient (Wildman–Crippen LogP) is 3.84. The van der Waals surface area contributed by atoms with Crippen LogP contribution in [0.25, 0.3) is 0 Å². The fraction of sp³-hybridized carbons (Fsp3) is 0.588. The number of hydrogen-bond acceptors (Lipinski definition) is 4. The highest BCUT2D eigenvalue weighted by Crippen LogP contribution is 2.36. The van der Waals surface area contributed by atoms with Crippen molar-refractivity contribution in [3.05, 3.63) is 27.7 Å². The summed E-state index contributed by atoms with van der Waals surface area (Å²) < 4.78 is 27.7. The number of sulfonamides is 1. The molecule has 2 aliphatic rings. The summed E-state index contributed by atoms with van der Waals surface area (Å²) >= 11 is 15.7. The highest BCUT2D eigenvalue weighted by molar-refractivity contribution is 9.08. The first kappa shape index (κ1) is 21.3. The van der Waals surface area contributed by atoms with Gasteiger partial charge in [-0.3, -0.25) is 9.63 Å². The van der Waals surface area contributed by atoms with Gasteiger partial charge in [-0.05, 0) is 43.7 Å². The second-order valence-electron chi connectivity index (χ2n) is 6.82. The van der Waals surface area contributed by atoms with E-state index >= 15 is 0 Å². The molecule has 1 aromatic carbocycles. The molecule has 10 heteroatoms. The first-order chi connectivity index (χ1) is 12.8. The molecule has 0 bridgehead atoms. The molecule has 1 saturated heterocycles. The molecule has 0 spiro atoms.